The van der Waals surface area contributed by atoms with E-state index < -0.39 is 28.2 Å². The van der Waals surface area contributed by atoms with Gasteiger partial charge in [0, 0.05) is 86.7 Å². The number of carbonyl (C=O) groups excluding carboxylic acids is 2. The zero-order valence-electron chi connectivity index (χ0n) is 54.0. The zero-order valence-corrected chi connectivity index (χ0v) is 54.0. The summed E-state index contributed by atoms with van der Waals surface area (Å²) in [4.78, 5) is 38.4. The van der Waals surface area contributed by atoms with E-state index in [9.17, 15) is 0 Å². The van der Waals surface area contributed by atoms with Gasteiger partial charge in [0.05, 0.1) is 103 Å². The molecule has 0 radical (unpaired) electrons. The molecule has 17 aliphatic rings. The summed E-state index contributed by atoms with van der Waals surface area (Å²) in [5, 5.41) is 49.4. The van der Waals surface area contributed by atoms with Crippen molar-refractivity contribution in [2.45, 2.75) is 57.2 Å². The number of nitrogens with two attached hydrogens (primary N) is 1. The Morgan fingerprint density at radius 1 is 0.343 bits per heavy atom. The fourth-order valence-corrected chi connectivity index (χ4v) is 32.0. The molecule has 0 aromatic heterocycles. The van der Waals surface area contributed by atoms with Gasteiger partial charge in [-0.3, -0.25) is 14.5 Å². The molecule has 16 aliphatic carbocycles. The number of benzene rings is 12. The summed E-state index contributed by atoms with van der Waals surface area (Å²) in [6.45, 7) is 9.44. The minimum absolute atomic E-state index is 0.0160. The number of methoxy groups -OCH3 is 2. The first kappa shape index (κ1) is 48.8. The first-order valence-electron chi connectivity index (χ1n) is 37.0. The van der Waals surface area contributed by atoms with E-state index in [2.05, 4.69) is 4.90 Å². The van der Waals surface area contributed by atoms with Crippen LogP contribution < -0.4 is 11.0 Å². The Balaban J connectivity index is 0.769. The lowest BCUT2D eigenvalue weighted by atomic mass is 9.40. The summed E-state index contributed by atoms with van der Waals surface area (Å²) in [7, 11) is 3.35. The molecule has 10 unspecified atom stereocenters. The molecule has 2 fully saturated rings. The average Bonchev–Trinajstić information content (AvgIpc) is 1.35. The van der Waals surface area contributed by atoms with E-state index in [1.807, 2.05) is 0 Å². The Bertz CT molecular complexity index is 7270. The third-order valence-electron chi connectivity index (χ3n) is 32.4. The number of likely N-dealkylation sites (tertiary alicyclic amines) is 1. The smallest absolute Gasteiger partial charge is 0.326 e. The maximum Gasteiger partial charge on any atom is 0.326 e. The summed E-state index contributed by atoms with van der Waals surface area (Å²) < 4.78 is 61.5. The van der Waals surface area contributed by atoms with Crippen LogP contribution in [-0.2, 0) is 78.6 Å². The molecule has 2 N–H and O–H groups in total. The van der Waals surface area contributed by atoms with E-state index in [1.54, 1.807) is 140 Å². The standard InChI is InChI=1S/C85H54N2O12/c1-90-7-9-94-13-15-96-17-19-98-79(88)85(80(89)99-20-18-97-16-14-95-10-8-91-2)83-75-63-44-28-26-24-23-25-27-29-36-47-34(25)46(33(24)44)65(75)66(47)76-67-48(36)37-40(29)56-55-39(27)31(23)41-32(26)42-35-30(28)45-38-43(35)59-61-51-50(38)68(77(83)64(45)63)70-54(51)52-53(69(67)78(70)84(76,83)85)49(37)60-62(52)74(61)82-22-87(4-6-93-12-11-92-5-3-86)21-81(82,73(56)60)71(55)57(41)58(42)72(59)82/h48,57,62,67,71,74H,3-22,86H2,1-2H3. The Morgan fingerprint density at radius 2 is 0.727 bits per heavy atom. The molecule has 34 rings (SSSR count). The molecule has 17 aromatic rings. The van der Waals surface area contributed by atoms with Crippen LogP contribution in [0.5, 0.6) is 0 Å². The van der Waals surface area contributed by atoms with Gasteiger partial charge in [-0.05, 0) is 272 Å². The third-order valence-corrected chi connectivity index (χ3v) is 32.4. The molecule has 1 heterocycles. The number of rotatable bonds is 28. The Kier molecular flexibility index (Phi) is 6.70. The summed E-state index contributed by atoms with van der Waals surface area (Å²) in [6.07, 6.45) is 0. The van der Waals surface area contributed by atoms with Crippen molar-refractivity contribution in [2.24, 2.45) is 11.1 Å². The van der Waals surface area contributed by atoms with E-state index in [4.69, 9.17) is 53.1 Å². The number of ether oxygens (including phenoxy) is 10. The summed E-state index contributed by atoms with van der Waals surface area (Å²) in [5.74, 6) is -0.0522. The van der Waals surface area contributed by atoms with Gasteiger partial charge in [0.1, 0.15) is 13.2 Å². The van der Waals surface area contributed by atoms with Crippen molar-refractivity contribution in [2.75, 3.05) is 146 Å². The van der Waals surface area contributed by atoms with Crippen molar-refractivity contribution >= 4 is 190 Å². The Hall–Kier alpha value is -7.96. The van der Waals surface area contributed by atoms with Gasteiger partial charge < -0.3 is 53.1 Å². The van der Waals surface area contributed by atoms with Crippen LogP contribution in [0.25, 0.3) is 189 Å². The lowest BCUT2D eigenvalue weighted by molar-refractivity contribution is -0.168. The maximum atomic E-state index is 17.7. The molecule has 476 valence electrons. The normalized spacial score (nSPS) is 29.4. The fourth-order valence-electron chi connectivity index (χ4n) is 32.0. The molecule has 1 saturated carbocycles. The number of hydrogen-bond acceptors (Lipinski definition) is 14. The highest BCUT2D eigenvalue weighted by molar-refractivity contribution is 6.69. The van der Waals surface area contributed by atoms with Gasteiger partial charge in [0.25, 0.3) is 0 Å². The highest BCUT2D eigenvalue weighted by Gasteiger charge is 3.03. The lowest BCUT2D eigenvalue weighted by Crippen LogP contribution is -2.60. The molecule has 1 saturated heterocycles. The van der Waals surface area contributed by atoms with Gasteiger partial charge in [-0.25, -0.2) is 0 Å². The predicted molar refractivity (Wildman–Crippen MR) is 374 cm³/mol. The van der Waals surface area contributed by atoms with Crippen LogP contribution in [0.3, 0.4) is 0 Å². The first-order valence-corrected chi connectivity index (χ1v) is 37.0. The van der Waals surface area contributed by atoms with Crippen molar-refractivity contribution in [3.63, 3.8) is 0 Å². The van der Waals surface area contributed by atoms with Gasteiger partial charge in [0.2, 0.25) is 0 Å². The SMILES string of the molecule is COCCOCCOCCOC(=O)C1(C(=O)OCCOCCOCCOC)C23C4=c5c6c7c8c9c%10c%11c%12c%13c9c9c%14c%15c%16c%17c%18c%19c%20c%21c%22c%23c%24c(c-%11c(c2c%24c2c%11c%24c%25c(c5c5c6c(c8%14)c%15c6c%17c(c%25c56)c5c%18c%21c(c%232)c%245)C%1113)C4C%107)C%12C%22C%201CN(CCOCCOCCN)CC%131C9C%19%16. The van der Waals surface area contributed by atoms with Gasteiger partial charge in [-0.2, -0.15) is 0 Å². The molecule has 14 nitrogen and oxygen atoms in total. The topological polar surface area (TPSA) is 156 Å². The number of carbonyl (C=O) groups is 2. The monoisotopic (exact) mass is 1290 g/mol. The number of nitrogens with zero attached hydrogens (tertiary/aromatic N) is 1. The van der Waals surface area contributed by atoms with Crippen molar-refractivity contribution in [3.05, 3.63) is 83.1 Å². The van der Waals surface area contributed by atoms with Crippen LogP contribution in [0, 0.1) is 5.41 Å². The second-order valence-electron chi connectivity index (χ2n) is 33.6. The largest absolute Gasteiger partial charge is 0.462 e. The van der Waals surface area contributed by atoms with Crippen molar-refractivity contribution in [3.8, 4) is 11.1 Å². The molecular formula is C85H54N2O12. The van der Waals surface area contributed by atoms with Crippen LogP contribution in [0.15, 0.2) is 0 Å². The van der Waals surface area contributed by atoms with Crippen LogP contribution in [-0.4, -0.2) is 163 Å². The van der Waals surface area contributed by atoms with Crippen LogP contribution in [0.4, 0.5) is 0 Å². The minimum atomic E-state index is -1.85. The highest BCUT2D eigenvalue weighted by Crippen LogP contribution is 3.00. The molecule has 17 aromatic carbocycles. The minimum Gasteiger partial charge on any atom is -0.462 e. The van der Waals surface area contributed by atoms with Crippen molar-refractivity contribution in [1.82, 2.24) is 4.90 Å². The van der Waals surface area contributed by atoms with Crippen LogP contribution in [0.1, 0.15) is 113 Å². The van der Waals surface area contributed by atoms with E-state index in [0.717, 1.165) is 19.6 Å². The Morgan fingerprint density at radius 3 is 1.32 bits per heavy atom. The molecular weight excluding hydrogens is 1240 g/mol. The van der Waals surface area contributed by atoms with Gasteiger partial charge in [-0.1, -0.05) is 0 Å². The molecule has 0 bridgehead atoms. The lowest BCUT2D eigenvalue weighted by Gasteiger charge is -2.60. The molecule has 1 aliphatic heterocycles. The Labute approximate surface area is 557 Å². The van der Waals surface area contributed by atoms with E-state index in [-0.39, 0.29) is 66.8 Å². The quantitative estimate of drug-likeness (QED) is 0.0214. The van der Waals surface area contributed by atoms with Crippen LogP contribution >= 0.6 is 0 Å². The average molecular weight is 1300 g/mol. The summed E-state index contributed by atoms with van der Waals surface area (Å²) in [5.41, 5.74) is 27.8. The highest BCUT2D eigenvalue weighted by atomic mass is 16.6. The maximum absolute atomic E-state index is 17.7. The second kappa shape index (κ2) is 13.6. The summed E-state index contributed by atoms with van der Waals surface area (Å²) in [6, 6.07) is 0. The van der Waals surface area contributed by atoms with Gasteiger partial charge in [-0.15, -0.1) is 0 Å². The molecule has 4 spiro atoms. The molecule has 10 atom stereocenters. The third kappa shape index (κ3) is 3.49. The number of hydrogen-bond donors (Lipinski definition) is 1. The van der Waals surface area contributed by atoms with Gasteiger partial charge >= 0.3 is 11.9 Å². The molecule has 0 amide bonds. The fraction of sp³-hybridized carbons (Fsp3) is 0.388. The predicted octanol–water partition coefficient (Wildman–Crippen LogP) is 11.1. The molecule has 14 heteroatoms. The van der Waals surface area contributed by atoms with E-state index in [0.29, 0.717) is 91.7 Å². The van der Waals surface area contributed by atoms with Crippen LogP contribution in [0.2, 0.25) is 0 Å². The number of esters is 2. The van der Waals surface area contributed by atoms with Crippen molar-refractivity contribution in [1.29, 1.82) is 0 Å². The molecule has 99 heavy (non-hydrogen) atoms. The summed E-state index contributed by atoms with van der Waals surface area (Å²) >= 11 is 0. The van der Waals surface area contributed by atoms with E-state index in [1.165, 1.54) is 146 Å². The zero-order chi connectivity index (χ0) is 62.8. The van der Waals surface area contributed by atoms with E-state index >= 15 is 9.59 Å². The first-order chi connectivity index (χ1) is 49.1. The van der Waals surface area contributed by atoms with Gasteiger partial charge in [0.15, 0.2) is 5.41 Å². The second-order valence-corrected chi connectivity index (χ2v) is 33.6. The van der Waals surface area contributed by atoms with Crippen molar-refractivity contribution < 1.29 is 57.0 Å².